The molecule has 1 aromatic heterocycles. The highest BCUT2D eigenvalue weighted by Gasteiger charge is 2.39. The molecular weight excluding hydrogens is 311 g/mol. The van der Waals surface area contributed by atoms with Gasteiger partial charge in [-0.3, -0.25) is 9.48 Å². The fourth-order valence-electron chi connectivity index (χ4n) is 2.11. The van der Waals surface area contributed by atoms with Crippen LogP contribution in [0.4, 0.5) is 13.2 Å². The molecule has 0 saturated carbocycles. The number of alkyl halides is 3. The molecule has 0 saturated heterocycles. The van der Waals surface area contributed by atoms with Crippen LogP contribution in [0.3, 0.4) is 0 Å². The molecule has 1 heterocycles. The van der Waals surface area contributed by atoms with Crippen LogP contribution in [0.1, 0.15) is 28.5 Å². The third-order valence-corrected chi connectivity index (χ3v) is 3.33. The smallest absolute Gasteiger partial charge is 0.384 e. The summed E-state index contributed by atoms with van der Waals surface area (Å²) >= 11 is 0. The number of aromatic nitrogens is 2. The Morgan fingerprint density at radius 2 is 1.91 bits per heavy atom. The van der Waals surface area contributed by atoms with E-state index in [1.54, 1.807) is 30.3 Å². The molecule has 2 aromatic rings. The predicted molar refractivity (Wildman–Crippen MR) is 76.6 cm³/mol. The zero-order chi connectivity index (χ0) is 17.3. The summed E-state index contributed by atoms with van der Waals surface area (Å²) in [6.45, 7) is 1.23. The second kappa shape index (κ2) is 6.04. The summed E-state index contributed by atoms with van der Waals surface area (Å²) in [5.74, 6) is -0.943. The number of aryl methyl sites for hydroxylation is 1. The van der Waals surface area contributed by atoms with Crippen LogP contribution in [-0.2, 0) is 18.8 Å². The molecule has 1 aromatic carbocycles. The van der Waals surface area contributed by atoms with Crippen molar-refractivity contribution in [3.05, 3.63) is 53.3 Å². The molecule has 124 valence electrons. The summed E-state index contributed by atoms with van der Waals surface area (Å²) < 4.78 is 39.5. The van der Waals surface area contributed by atoms with Gasteiger partial charge in [-0.2, -0.15) is 18.3 Å². The van der Waals surface area contributed by atoms with Gasteiger partial charge in [-0.25, -0.2) is 0 Å². The van der Waals surface area contributed by atoms with E-state index in [2.05, 4.69) is 10.4 Å². The predicted octanol–water partition coefficient (Wildman–Crippen LogP) is 2.08. The fourth-order valence-corrected chi connectivity index (χ4v) is 2.11. The van der Waals surface area contributed by atoms with E-state index in [0.29, 0.717) is 5.56 Å². The van der Waals surface area contributed by atoms with Gasteiger partial charge in [-0.05, 0) is 12.5 Å². The maximum absolute atomic E-state index is 12.9. The van der Waals surface area contributed by atoms with Crippen LogP contribution >= 0.6 is 0 Å². The van der Waals surface area contributed by atoms with Crippen molar-refractivity contribution in [1.29, 1.82) is 0 Å². The number of carbonyl (C=O) groups is 1. The van der Waals surface area contributed by atoms with Gasteiger partial charge in [0, 0.05) is 13.2 Å². The summed E-state index contributed by atoms with van der Waals surface area (Å²) in [5.41, 5.74) is -2.69. The first-order valence-corrected chi connectivity index (χ1v) is 6.78. The van der Waals surface area contributed by atoms with Crippen molar-refractivity contribution in [3.63, 3.8) is 0 Å². The summed E-state index contributed by atoms with van der Waals surface area (Å²) in [6, 6.07) is 8.53. The molecule has 2 N–H and O–H groups in total. The van der Waals surface area contributed by atoms with E-state index < -0.39 is 28.9 Å². The topological polar surface area (TPSA) is 67.2 Å². The summed E-state index contributed by atoms with van der Waals surface area (Å²) in [4.78, 5) is 12.0. The average molecular weight is 327 g/mol. The highest BCUT2D eigenvalue weighted by atomic mass is 19.4. The largest absolute Gasteiger partial charge is 0.435 e. The van der Waals surface area contributed by atoms with Gasteiger partial charge in [0.05, 0.1) is 12.1 Å². The van der Waals surface area contributed by atoms with Crippen molar-refractivity contribution in [2.45, 2.75) is 18.7 Å². The molecule has 1 atom stereocenters. The Hall–Kier alpha value is -2.35. The number of nitrogens with zero attached hydrogens (tertiary/aromatic N) is 2. The average Bonchev–Trinajstić information content (AvgIpc) is 2.88. The molecule has 0 bridgehead atoms. The number of amides is 1. The van der Waals surface area contributed by atoms with Gasteiger partial charge in [0.25, 0.3) is 5.91 Å². The molecular formula is C15H16F3N3O2. The molecule has 5 nitrogen and oxygen atoms in total. The Morgan fingerprint density at radius 3 is 2.48 bits per heavy atom. The highest BCUT2D eigenvalue weighted by Crippen LogP contribution is 2.30. The molecule has 23 heavy (non-hydrogen) atoms. The van der Waals surface area contributed by atoms with E-state index >= 15 is 0 Å². The third kappa shape index (κ3) is 3.89. The van der Waals surface area contributed by atoms with Gasteiger partial charge in [-0.15, -0.1) is 0 Å². The fraction of sp³-hybridized carbons (Fsp3) is 0.333. The Bertz CT molecular complexity index is 694. The summed E-state index contributed by atoms with van der Waals surface area (Å²) in [5, 5.41) is 16.0. The maximum atomic E-state index is 12.9. The van der Waals surface area contributed by atoms with Crippen molar-refractivity contribution in [3.8, 4) is 0 Å². The van der Waals surface area contributed by atoms with Gasteiger partial charge < -0.3 is 10.4 Å². The minimum Gasteiger partial charge on any atom is -0.384 e. The van der Waals surface area contributed by atoms with E-state index in [-0.39, 0.29) is 6.54 Å². The lowest BCUT2D eigenvalue weighted by atomic mass is 9.96. The first-order chi connectivity index (χ1) is 10.6. The summed E-state index contributed by atoms with van der Waals surface area (Å²) in [7, 11) is 1.30. The second-order valence-electron chi connectivity index (χ2n) is 5.39. The SMILES string of the molecule is Cn1cc(C(=O)NCC(C)(O)c2ccccc2)c(C(F)(F)F)n1. The molecule has 0 spiro atoms. The van der Waals surface area contributed by atoms with Crippen LogP contribution in [0.25, 0.3) is 0 Å². The van der Waals surface area contributed by atoms with Gasteiger partial charge in [0.2, 0.25) is 0 Å². The van der Waals surface area contributed by atoms with Crippen molar-refractivity contribution < 1.29 is 23.1 Å². The number of aliphatic hydroxyl groups is 1. The zero-order valence-corrected chi connectivity index (χ0v) is 12.6. The molecule has 0 aliphatic heterocycles. The van der Waals surface area contributed by atoms with Crippen molar-refractivity contribution in [2.75, 3.05) is 6.54 Å². The first-order valence-electron chi connectivity index (χ1n) is 6.78. The number of halogens is 3. The van der Waals surface area contributed by atoms with E-state index in [9.17, 15) is 23.1 Å². The van der Waals surface area contributed by atoms with Gasteiger partial charge in [0.1, 0.15) is 5.60 Å². The highest BCUT2D eigenvalue weighted by molar-refractivity contribution is 5.95. The summed E-state index contributed by atoms with van der Waals surface area (Å²) in [6.07, 6.45) is -3.73. The zero-order valence-electron chi connectivity index (χ0n) is 12.6. The number of carbonyl (C=O) groups excluding carboxylic acids is 1. The Labute approximate surface area is 130 Å². The lowest BCUT2D eigenvalue weighted by molar-refractivity contribution is -0.141. The molecule has 0 fully saturated rings. The molecule has 0 aliphatic carbocycles. The first kappa shape index (κ1) is 17.0. The van der Waals surface area contributed by atoms with Crippen molar-refractivity contribution >= 4 is 5.91 Å². The van der Waals surface area contributed by atoms with Gasteiger partial charge in [-0.1, -0.05) is 30.3 Å². The second-order valence-corrected chi connectivity index (χ2v) is 5.39. The number of benzene rings is 1. The van der Waals surface area contributed by atoms with Gasteiger partial charge >= 0.3 is 6.18 Å². The Balaban J connectivity index is 2.15. The standard InChI is InChI=1S/C15H16F3N3O2/c1-14(23,10-6-4-3-5-7-10)9-19-13(22)11-8-21(2)20-12(11)15(16,17)18/h3-8,23H,9H2,1-2H3,(H,19,22). The van der Waals surface area contributed by atoms with Crippen LogP contribution in [0.2, 0.25) is 0 Å². The lowest BCUT2D eigenvalue weighted by Gasteiger charge is -2.24. The Morgan fingerprint density at radius 1 is 1.30 bits per heavy atom. The maximum Gasteiger partial charge on any atom is 0.435 e. The molecule has 0 radical (unpaired) electrons. The molecule has 1 amide bonds. The molecule has 0 aliphatic rings. The van der Waals surface area contributed by atoms with Crippen LogP contribution in [-0.4, -0.2) is 27.3 Å². The Kier molecular flexibility index (Phi) is 4.46. The van der Waals surface area contributed by atoms with Crippen LogP contribution in [0.15, 0.2) is 36.5 Å². The van der Waals surface area contributed by atoms with Gasteiger partial charge in [0.15, 0.2) is 5.69 Å². The number of hydrogen-bond donors (Lipinski definition) is 2. The van der Waals surface area contributed by atoms with Crippen molar-refractivity contribution in [2.24, 2.45) is 7.05 Å². The van der Waals surface area contributed by atoms with E-state index in [1.807, 2.05) is 0 Å². The van der Waals surface area contributed by atoms with Crippen molar-refractivity contribution in [1.82, 2.24) is 15.1 Å². The number of rotatable bonds is 4. The van der Waals surface area contributed by atoms with E-state index in [4.69, 9.17) is 0 Å². The van der Waals surface area contributed by atoms with Crippen LogP contribution in [0, 0.1) is 0 Å². The minimum absolute atomic E-state index is 0.234. The lowest BCUT2D eigenvalue weighted by Crippen LogP contribution is -2.39. The van der Waals surface area contributed by atoms with E-state index in [0.717, 1.165) is 10.9 Å². The quantitative estimate of drug-likeness (QED) is 0.903. The van der Waals surface area contributed by atoms with Crippen LogP contribution < -0.4 is 5.32 Å². The molecule has 8 heteroatoms. The molecule has 2 rings (SSSR count). The van der Waals surface area contributed by atoms with Crippen LogP contribution in [0.5, 0.6) is 0 Å². The number of nitrogens with one attached hydrogen (secondary N) is 1. The third-order valence-electron chi connectivity index (χ3n) is 3.33. The normalized spacial score (nSPS) is 14.3. The number of hydrogen-bond acceptors (Lipinski definition) is 3. The van der Waals surface area contributed by atoms with E-state index in [1.165, 1.54) is 14.0 Å². The minimum atomic E-state index is -4.73. The molecule has 1 unspecified atom stereocenters. The monoisotopic (exact) mass is 327 g/mol.